The van der Waals surface area contributed by atoms with Crippen molar-refractivity contribution in [1.29, 1.82) is 0 Å². The van der Waals surface area contributed by atoms with Gasteiger partial charge in [0, 0.05) is 29.7 Å². The van der Waals surface area contributed by atoms with Crippen LogP contribution in [-0.2, 0) is 14.9 Å². The van der Waals surface area contributed by atoms with Crippen LogP contribution in [0.25, 0.3) is 11.1 Å². The Kier molecular flexibility index (Phi) is 5.63. The molecule has 4 N–H and O–H groups in total. The van der Waals surface area contributed by atoms with E-state index in [1.807, 2.05) is 0 Å². The number of aromatic nitrogens is 2. The van der Waals surface area contributed by atoms with Crippen LogP contribution in [0.3, 0.4) is 0 Å². The normalized spacial score (nSPS) is 28.7. The van der Waals surface area contributed by atoms with Crippen molar-refractivity contribution in [3.8, 4) is 16.9 Å². The zero-order chi connectivity index (χ0) is 19.8. The molecule has 12 heteroatoms. The Balaban J connectivity index is 1.86. The van der Waals surface area contributed by atoms with Crippen LogP contribution in [0.2, 0.25) is 5.02 Å². The first kappa shape index (κ1) is 19.9. The minimum Gasteiger partial charge on any atom is -0.460 e. The average Bonchev–Trinajstić information content (AvgIpc) is 2.62. The second-order valence-corrected chi connectivity index (χ2v) is 7.64. The van der Waals surface area contributed by atoms with E-state index in [2.05, 4.69) is 9.97 Å². The monoisotopic (exact) mass is 418 g/mol. The number of ether oxygens (including phenoxy) is 2. The average molecular weight is 419 g/mol. The molecule has 0 saturated carbocycles. The van der Waals surface area contributed by atoms with Crippen molar-refractivity contribution in [2.45, 2.75) is 30.0 Å². The molecule has 2 aromatic rings. The zero-order valence-corrected chi connectivity index (χ0v) is 15.0. The van der Waals surface area contributed by atoms with E-state index >= 15 is 0 Å². The summed E-state index contributed by atoms with van der Waals surface area (Å²) in [5.74, 6) is 0.0575. The molecule has 0 radical (unpaired) electrons. The van der Waals surface area contributed by atoms with Gasteiger partial charge in [-0.25, -0.2) is 0 Å². The quantitative estimate of drug-likeness (QED) is 0.491. The molecule has 0 bridgehead atoms. The van der Waals surface area contributed by atoms with Crippen LogP contribution in [0.1, 0.15) is 0 Å². The van der Waals surface area contributed by atoms with Gasteiger partial charge >= 0.3 is 0 Å². The smallest absolute Gasteiger partial charge is 0.295 e. The number of pyridine rings is 2. The van der Waals surface area contributed by atoms with E-state index in [9.17, 15) is 23.7 Å². The molecule has 1 aliphatic rings. The molecular formula is C15H15ClN2O8S. The Morgan fingerprint density at radius 3 is 2.48 bits per heavy atom. The molecule has 0 aliphatic carbocycles. The molecule has 1 fully saturated rings. The minimum absolute atomic E-state index is 0.0575. The lowest BCUT2D eigenvalue weighted by molar-refractivity contribution is -0.254. The second-order valence-electron chi connectivity index (χ2n) is 5.74. The van der Waals surface area contributed by atoms with E-state index in [0.717, 1.165) is 0 Å². The van der Waals surface area contributed by atoms with Crippen LogP contribution in [-0.4, -0.2) is 68.3 Å². The highest BCUT2D eigenvalue weighted by Crippen LogP contribution is 2.30. The summed E-state index contributed by atoms with van der Waals surface area (Å²) in [5, 5.41) is 29.9. The minimum atomic E-state index is -4.88. The third kappa shape index (κ3) is 4.19. The second kappa shape index (κ2) is 7.64. The lowest BCUT2D eigenvalue weighted by Gasteiger charge is -2.38. The van der Waals surface area contributed by atoms with Gasteiger partial charge in [-0.15, -0.1) is 0 Å². The maximum atomic E-state index is 11.3. The SMILES string of the molecule is O=S(=O)(O)C1O[C@@H](Oc2cncc(-c3ccncc3Cl)c2)[C@H](O)[C@@H](O)[C@@H]1O. The zero-order valence-electron chi connectivity index (χ0n) is 13.5. The summed E-state index contributed by atoms with van der Waals surface area (Å²) in [6.07, 6.45) is -1.76. The van der Waals surface area contributed by atoms with E-state index in [4.69, 9.17) is 25.6 Å². The van der Waals surface area contributed by atoms with Crippen molar-refractivity contribution in [3.05, 3.63) is 41.9 Å². The molecule has 5 atom stereocenters. The number of hydrogen-bond donors (Lipinski definition) is 4. The molecule has 1 aliphatic heterocycles. The summed E-state index contributed by atoms with van der Waals surface area (Å²) < 4.78 is 42.1. The van der Waals surface area contributed by atoms with Crippen molar-refractivity contribution in [3.63, 3.8) is 0 Å². The van der Waals surface area contributed by atoms with Gasteiger partial charge in [-0.2, -0.15) is 8.42 Å². The topological polar surface area (TPSA) is 159 Å². The molecule has 3 rings (SSSR count). The molecule has 0 spiro atoms. The van der Waals surface area contributed by atoms with Gasteiger partial charge in [0.05, 0.1) is 11.2 Å². The Morgan fingerprint density at radius 2 is 1.81 bits per heavy atom. The van der Waals surface area contributed by atoms with Crippen molar-refractivity contribution in [2.75, 3.05) is 0 Å². The lowest BCUT2D eigenvalue weighted by atomic mass is 10.1. The number of nitrogens with zero attached hydrogens (tertiary/aromatic N) is 2. The maximum absolute atomic E-state index is 11.3. The maximum Gasteiger partial charge on any atom is 0.295 e. The van der Waals surface area contributed by atoms with E-state index in [1.54, 1.807) is 6.07 Å². The third-order valence-electron chi connectivity index (χ3n) is 3.87. The summed E-state index contributed by atoms with van der Waals surface area (Å²) in [7, 11) is -4.88. The Hall–Kier alpha value is -1.86. The lowest BCUT2D eigenvalue weighted by Crippen LogP contribution is -2.61. The van der Waals surface area contributed by atoms with Gasteiger partial charge in [0.2, 0.25) is 11.7 Å². The van der Waals surface area contributed by atoms with E-state index in [1.165, 1.54) is 30.9 Å². The summed E-state index contributed by atoms with van der Waals surface area (Å²) >= 11 is 6.08. The van der Waals surface area contributed by atoms with Gasteiger partial charge in [-0.1, -0.05) is 11.6 Å². The molecule has 2 aromatic heterocycles. The fourth-order valence-electron chi connectivity index (χ4n) is 2.54. The number of hydrogen-bond acceptors (Lipinski definition) is 9. The molecule has 3 heterocycles. The first-order valence-corrected chi connectivity index (χ1v) is 9.44. The molecule has 0 aromatic carbocycles. The Morgan fingerprint density at radius 1 is 1.07 bits per heavy atom. The van der Waals surface area contributed by atoms with Crippen LogP contribution in [0.4, 0.5) is 0 Å². The van der Waals surface area contributed by atoms with E-state index < -0.39 is 40.2 Å². The van der Waals surface area contributed by atoms with Crippen LogP contribution in [0.5, 0.6) is 5.75 Å². The molecule has 27 heavy (non-hydrogen) atoms. The van der Waals surface area contributed by atoms with Crippen LogP contribution < -0.4 is 4.74 Å². The van der Waals surface area contributed by atoms with Crippen LogP contribution in [0, 0.1) is 0 Å². The Bertz CT molecular complexity index is 928. The highest BCUT2D eigenvalue weighted by atomic mass is 35.5. The first-order chi connectivity index (χ1) is 12.7. The summed E-state index contributed by atoms with van der Waals surface area (Å²) in [5.41, 5.74) is -1.05. The van der Waals surface area contributed by atoms with Gasteiger partial charge < -0.3 is 24.8 Å². The standard InChI is InChI=1S/C15H15ClN2O8S/c16-10-6-17-2-1-9(10)7-3-8(5-18-4-7)25-14-12(20)11(19)13(21)15(26-14)27(22,23)24/h1-6,11-15,19-21H,(H,22,23,24)/t11-,12-,13+,14-,15?/m1/s1. The van der Waals surface area contributed by atoms with Gasteiger partial charge in [-0.3, -0.25) is 14.5 Å². The summed E-state index contributed by atoms with van der Waals surface area (Å²) in [6, 6.07) is 3.13. The van der Waals surface area contributed by atoms with E-state index in [-0.39, 0.29) is 5.75 Å². The number of halogens is 1. The summed E-state index contributed by atoms with van der Waals surface area (Å²) in [4.78, 5) is 7.85. The predicted octanol–water partition coefficient (Wildman–Crippen LogP) is -0.171. The van der Waals surface area contributed by atoms with Gasteiger partial charge in [0.25, 0.3) is 10.1 Å². The number of aliphatic hydroxyl groups is 3. The number of rotatable bonds is 4. The van der Waals surface area contributed by atoms with Gasteiger partial charge in [0.15, 0.2) is 0 Å². The van der Waals surface area contributed by atoms with Crippen LogP contribution in [0.15, 0.2) is 36.9 Å². The highest BCUT2D eigenvalue weighted by molar-refractivity contribution is 7.86. The van der Waals surface area contributed by atoms with Crippen LogP contribution >= 0.6 is 11.6 Å². The molecular weight excluding hydrogens is 404 g/mol. The summed E-state index contributed by atoms with van der Waals surface area (Å²) in [6.45, 7) is 0. The fraction of sp³-hybridized carbons (Fsp3) is 0.333. The van der Waals surface area contributed by atoms with Crippen molar-refractivity contribution < 1.29 is 37.8 Å². The molecule has 1 unspecified atom stereocenters. The van der Waals surface area contributed by atoms with Crippen molar-refractivity contribution >= 4 is 21.7 Å². The first-order valence-electron chi connectivity index (χ1n) is 7.56. The molecule has 146 valence electrons. The molecule has 0 amide bonds. The predicted molar refractivity (Wildman–Crippen MR) is 91.3 cm³/mol. The van der Waals surface area contributed by atoms with Gasteiger partial charge in [-0.05, 0) is 12.1 Å². The highest BCUT2D eigenvalue weighted by Gasteiger charge is 2.50. The number of aliphatic hydroxyl groups excluding tert-OH is 3. The fourth-order valence-corrected chi connectivity index (χ4v) is 3.53. The molecule has 10 nitrogen and oxygen atoms in total. The third-order valence-corrected chi connectivity index (χ3v) is 5.15. The largest absolute Gasteiger partial charge is 0.460 e. The van der Waals surface area contributed by atoms with Crippen molar-refractivity contribution in [1.82, 2.24) is 9.97 Å². The van der Waals surface area contributed by atoms with Gasteiger partial charge in [0.1, 0.15) is 24.1 Å². The van der Waals surface area contributed by atoms with E-state index in [0.29, 0.717) is 16.1 Å². The Labute approximate surface area is 158 Å². The molecule has 1 saturated heterocycles. The van der Waals surface area contributed by atoms with Crippen molar-refractivity contribution in [2.24, 2.45) is 0 Å².